The lowest BCUT2D eigenvalue weighted by Gasteiger charge is -2.28. The number of benzene rings is 2. The van der Waals surface area contributed by atoms with E-state index in [4.69, 9.17) is 5.26 Å². The van der Waals surface area contributed by atoms with Gasteiger partial charge in [-0.25, -0.2) is 0 Å². The number of hydrogen-bond donors (Lipinski definition) is 1. The van der Waals surface area contributed by atoms with E-state index in [1.807, 2.05) is 43.3 Å². The Hall–Kier alpha value is -2.94. The van der Waals surface area contributed by atoms with Crippen LogP contribution in [0.5, 0.6) is 0 Å². The quantitative estimate of drug-likeness (QED) is 0.711. The molecule has 0 saturated carbocycles. The van der Waals surface area contributed by atoms with Crippen molar-refractivity contribution in [1.82, 2.24) is 9.47 Å². The fourth-order valence-electron chi connectivity index (χ4n) is 4.10. The van der Waals surface area contributed by atoms with E-state index in [-0.39, 0.29) is 11.9 Å². The number of aromatic nitrogens is 1. The largest absolute Gasteiger partial charge is 0.393 e. The molecule has 0 radical (unpaired) electrons. The van der Waals surface area contributed by atoms with Gasteiger partial charge in [0.2, 0.25) is 0 Å². The number of carbonyl (C=O) groups excluding carboxylic acids is 1. The van der Waals surface area contributed by atoms with Crippen molar-refractivity contribution in [2.24, 2.45) is 0 Å². The molecule has 0 atom stereocenters. The number of likely N-dealkylation sites (tertiary alicyclic amines) is 1. The topological polar surface area (TPSA) is 69.3 Å². The summed E-state index contributed by atoms with van der Waals surface area (Å²) in [6.45, 7) is 3.85. The molecular formula is C23H23N3O2. The Labute approximate surface area is 164 Å². The smallest absolute Gasteiger partial charge is 0.179 e. The lowest BCUT2D eigenvalue weighted by Crippen LogP contribution is -2.39. The standard InChI is InChI=1S/C23H23N3O2/c1-16-23(22(28)15-25-12-10-19(27)11-13-25)20-4-2-3-5-21(20)26(16)18-8-6-17(14-24)7-9-18/h2-9,19,27H,10-13,15H2,1H3. The average molecular weight is 373 g/mol. The number of para-hydroxylation sites is 1. The Morgan fingerprint density at radius 3 is 2.50 bits per heavy atom. The van der Waals surface area contributed by atoms with Gasteiger partial charge < -0.3 is 9.67 Å². The van der Waals surface area contributed by atoms with E-state index in [0.29, 0.717) is 12.1 Å². The highest BCUT2D eigenvalue weighted by atomic mass is 16.3. The zero-order valence-electron chi connectivity index (χ0n) is 15.9. The number of rotatable bonds is 4. The van der Waals surface area contributed by atoms with Crippen molar-refractivity contribution in [1.29, 1.82) is 5.26 Å². The second kappa shape index (κ2) is 7.59. The predicted octanol–water partition coefficient (Wildman–Crippen LogP) is 3.45. The summed E-state index contributed by atoms with van der Waals surface area (Å²) in [7, 11) is 0. The van der Waals surface area contributed by atoms with E-state index in [9.17, 15) is 9.90 Å². The van der Waals surface area contributed by atoms with Crippen LogP contribution in [0.25, 0.3) is 16.6 Å². The summed E-state index contributed by atoms with van der Waals surface area (Å²) < 4.78 is 2.09. The van der Waals surface area contributed by atoms with Crippen molar-refractivity contribution in [3.8, 4) is 11.8 Å². The maximum atomic E-state index is 13.2. The van der Waals surface area contributed by atoms with E-state index in [1.165, 1.54) is 0 Å². The molecule has 1 aromatic heterocycles. The third-order valence-electron chi connectivity index (χ3n) is 5.57. The van der Waals surface area contributed by atoms with E-state index in [2.05, 4.69) is 15.5 Å². The molecule has 28 heavy (non-hydrogen) atoms. The fourth-order valence-corrected chi connectivity index (χ4v) is 4.10. The summed E-state index contributed by atoms with van der Waals surface area (Å²) in [5.74, 6) is 0.109. The van der Waals surface area contributed by atoms with Gasteiger partial charge in [-0.1, -0.05) is 18.2 Å². The molecule has 2 aromatic carbocycles. The van der Waals surface area contributed by atoms with Gasteiger partial charge in [-0.2, -0.15) is 5.26 Å². The lowest BCUT2D eigenvalue weighted by atomic mass is 10.0. The minimum absolute atomic E-state index is 0.109. The number of aliphatic hydroxyl groups excluding tert-OH is 1. The van der Waals surface area contributed by atoms with Gasteiger partial charge in [0.15, 0.2) is 5.78 Å². The minimum atomic E-state index is -0.244. The number of Topliss-reactive ketones (excluding diaryl/α,β-unsaturated/α-hetero) is 1. The highest BCUT2D eigenvalue weighted by molar-refractivity contribution is 6.10. The Bertz CT molecular complexity index is 1050. The van der Waals surface area contributed by atoms with E-state index in [0.717, 1.165) is 53.8 Å². The molecule has 1 aliphatic rings. The second-order valence-corrected chi connectivity index (χ2v) is 7.40. The summed E-state index contributed by atoms with van der Waals surface area (Å²) in [5, 5.41) is 19.7. The number of nitrogens with zero attached hydrogens (tertiary/aromatic N) is 3. The van der Waals surface area contributed by atoms with Crippen LogP contribution in [0.4, 0.5) is 0 Å². The number of nitriles is 1. The van der Waals surface area contributed by atoms with E-state index >= 15 is 0 Å². The van der Waals surface area contributed by atoms with Crippen LogP contribution in [0.2, 0.25) is 0 Å². The highest BCUT2D eigenvalue weighted by Crippen LogP contribution is 2.30. The van der Waals surface area contributed by atoms with Crippen molar-refractivity contribution in [3.63, 3.8) is 0 Å². The van der Waals surface area contributed by atoms with Crippen LogP contribution in [0, 0.1) is 18.3 Å². The third-order valence-corrected chi connectivity index (χ3v) is 5.57. The number of ketones is 1. The van der Waals surface area contributed by atoms with Crippen LogP contribution in [0.3, 0.4) is 0 Å². The SMILES string of the molecule is Cc1c(C(=O)CN2CCC(O)CC2)c2ccccc2n1-c1ccc(C#N)cc1. The molecule has 5 nitrogen and oxygen atoms in total. The molecule has 0 amide bonds. The van der Waals surface area contributed by atoms with Gasteiger partial charge in [0, 0.05) is 35.4 Å². The van der Waals surface area contributed by atoms with Crippen molar-refractivity contribution in [2.45, 2.75) is 25.9 Å². The van der Waals surface area contributed by atoms with Crippen molar-refractivity contribution in [2.75, 3.05) is 19.6 Å². The maximum Gasteiger partial charge on any atom is 0.179 e. The highest BCUT2D eigenvalue weighted by Gasteiger charge is 2.24. The molecule has 0 bridgehead atoms. The molecule has 2 heterocycles. The summed E-state index contributed by atoms with van der Waals surface area (Å²) in [6.07, 6.45) is 1.20. The summed E-state index contributed by atoms with van der Waals surface area (Å²) in [6, 6.07) is 17.5. The van der Waals surface area contributed by atoms with Gasteiger partial charge in [-0.3, -0.25) is 9.69 Å². The third kappa shape index (κ3) is 3.33. The molecule has 4 rings (SSSR count). The Morgan fingerprint density at radius 2 is 1.82 bits per heavy atom. The maximum absolute atomic E-state index is 13.2. The molecule has 1 fully saturated rings. The average Bonchev–Trinajstić information content (AvgIpc) is 3.01. The number of aliphatic hydroxyl groups is 1. The van der Waals surface area contributed by atoms with E-state index < -0.39 is 0 Å². The van der Waals surface area contributed by atoms with Crippen LogP contribution < -0.4 is 0 Å². The van der Waals surface area contributed by atoms with Crippen LogP contribution in [-0.2, 0) is 0 Å². The summed E-state index contributed by atoms with van der Waals surface area (Å²) in [5.41, 5.74) is 4.20. The molecular weight excluding hydrogens is 350 g/mol. The van der Waals surface area contributed by atoms with Gasteiger partial charge in [0.25, 0.3) is 0 Å². The van der Waals surface area contributed by atoms with Crippen molar-refractivity contribution >= 4 is 16.7 Å². The number of fused-ring (bicyclic) bond motifs is 1. The van der Waals surface area contributed by atoms with Gasteiger partial charge >= 0.3 is 0 Å². The molecule has 1 N–H and O–H groups in total. The molecule has 0 unspecified atom stereocenters. The molecule has 142 valence electrons. The van der Waals surface area contributed by atoms with Gasteiger partial charge in [-0.05, 0) is 50.1 Å². The van der Waals surface area contributed by atoms with E-state index in [1.54, 1.807) is 12.1 Å². The van der Waals surface area contributed by atoms with Crippen molar-refractivity contribution in [3.05, 3.63) is 65.4 Å². The first kappa shape index (κ1) is 18.4. The fraction of sp³-hybridized carbons (Fsp3) is 0.304. The van der Waals surface area contributed by atoms with Gasteiger partial charge in [0.05, 0.1) is 29.8 Å². The second-order valence-electron chi connectivity index (χ2n) is 7.40. The van der Waals surface area contributed by atoms with Crippen LogP contribution in [0.15, 0.2) is 48.5 Å². The van der Waals surface area contributed by atoms with Gasteiger partial charge in [-0.15, -0.1) is 0 Å². The lowest BCUT2D eigenvalue weighted by molar-refractivity contribution is 0.0711. The van der Waals surface area contributed by atoms with Crippen LogP contribution >= 0.6 is 0 Å². The van der Waals surface area contributed by atoms with Crippen LogP contribution in [-0.4, -0.2) is 46.1 Å². The van der Waals surface area contributed by atoms with Gasteiger partial charge in [0.1, 0.15) is 0 Å². The van der Waals surface area contributed by atoms with Crippen LogP contribution in [0.1, 0.15) is 34.5 Å². The zero-order valence-corrected chi connectivity index (χ0v) is 15.9. The summed E-state index contributed by atoms with van der Waals surface area (Å²) in [4.78, 5) is 15.3. The zero-order chi connectivity index (χ0) is 19.7. The number of hydrogen-bond acceptors (Lipinski definition) is 4. The monoisotopic (exact) mass is 373 g/mol. The molecule has 3 aromatic rings. The minimum Gasteiger partial charge on any atom is -0.393 e. The molecule has 5 heteroatoms. The molecule has 0 spiro atoms. The Balaban J connectivity index is 1.74. The molecule has 0 aliphatic carbocycles. The Morgan fingerprint density at radius 1 is 1.14 bits per heavy atom. The molecule has 1 saturated heterocycles. The van der Waals surface area contributed by atoms with Crippen molar-refractivity contribution < 1.29 is 9.90 Å². The number of carbonyl (C=O) groups is 1. The normalized spacial score (nSPS) is 15.6. The molecule has 1 aliphatic heterocycles. The first-order valence-electron chi connectivity index (χ1n) is 9.62. The first-order valence-corrected chi connectivity index (χ1v) is 9.62. The predicted molar refractivity (Wildman–Crippen MR) is 109 cm³/mol. The summed E-state index contributed by atoms with van der Waals surface area (Å²) >= 11 is 0. The number of piperidine rings is 1. The first-order chi connectivity index (χ1) is 13.6. The Kier molecular flexibility index (Phi) is 4.99.